The molecule has 1 saturated carbocycles. The van der Waals surface area contributed by atoms with E-state index in [4.69, 9.17) is 0 Å². The second-order valence-corrected chi connectivity index (χ2v) is 5.17. The molecule has 0 radical (unpaired) electrons. The quantitative estimate of drug-likeness (QED) is 0.809. The summed E-state index contributed by atoms with van der Waals surface area (Å²) in [6, 6.07) is 11.9. The highest BCUT2D eigenvalue weighted by Crippen LogP contribution is 2.26. The van der Waals surface area contributed by atoms with E-state index in [9.17, 15) is 0 Å². The third-order valence-electron chi connectivity index (χ3n) is 3.88. The molecule has 2 rings (SSSR count). The summed E-state index contributed by atoms with van der Waals surface area (Å²) in [6.45, 7) is 4.66. The Bertz CT molecular complexity index is 306. The first-order valence-electron chi connectivity index (χ1n) is 6.58. The smallest absolute Gasteiger partial charge is 0.0294 e. The Balaban J connectivity index is 1.94. The molecule has 1 heteroatoms. The Morgan fingerprint density at radius 2 is 1.81 bits per heavy atom. The van der Waals surface area contributed by atoms with Gasteiger partial charge in [-0.25, -0.2) is 0 Å². The minimum atomic E-state index is 0.478. The zero-order chi connectivity index (χ0) is 11.4. The van der Waals surface area contributed by atoms with Gasteiger partial charge in [0.15, 0.2) is 0 Å². The Labute approximate surface area is 99.3 Å². The minimum absolute atomic E-state index is 0.478. The van der Waals surface area contributed by atoms with Gasteiger partial charge in [-0.3, -0.25) is 0 Å². The van der Waals surface area contributed by atoms with Crippen LogP contribution in [0.3, 0.4) is 0 Å². The van der Waals surface area contributed by atoms with Gasteiger partial charge in [0.05, 0.1) is 0 Å². The predicted molar refractivity (Wildman–Crippen MR) is 69.4 cm³/mol. The summed E-state index contributed by atoms with van der Waals surface area (Å²) in [7, 11) is 0. The van der Waals surface area contributed by atoms with Crippen molar-refractivity contribution in [3.05, 3.63) is 35.9 Å². The van der Waals surface area contributed by atoms with Crippen LogP contribution in [0.2, 0.25) is 0 Å². The van der Waals surface area contributed by atoms with Crippen LogP contribution in [0.5, 0.6) is 0 Å². The molecule has 1 nitrogen and oxygen atoms in total. The molecule has 1 aliphatic rings. The molecule has 1 aliphatic carbocycles. The van der Waals surface area contributed by atoms with Crippen molar-refractivity contribution < 1.29 is 0 Å². The maximum atomic E-state index is 3.78. The number of benzene rings is 1. The van der Waals surface area contributed by atoms with Crippen LogP contribution < -0.4 is 5.32 Å². The third-order valence-corrected chi connectivity index (χ3v) is 3.88. The van der Waals surface area contributed by atoms with Gasteiger partial charge in [0.25, 0.3) is 0 Å². The molecule has 0 saturated heterocycles. The molecule has 3 atom stereocenters. The first kappa shape index (κ1) is 11.7. The van der Waals surface area contributed by atoms with Crippen LogP contribution in [0.1, 0.15) is 51.1 Å². The van der Waals surface area contributed by atoms with Gasteiger partial charge in [-0.15, -0.1) is 0 Å². The molecule has 0 spiro atoms. The molecule has 1 aromatic carbocycles. The molecule has 0 aliphatic heterocycles. The van der Waals surface area contributed by atoms with Crippen molar-refractivity contribution in [2.75, 3.05) is 0 Å². The molecule has 1 aromatic rings. The lowest BCUT2D eigenvalue weighted by molar-refractivity contribution is 0.263. The topological polar surface area (TPSA) is 12.0 Å². The van der Waals surface area contributed by atoms with Crippen LogP contribution in [0.25, 0.3) is 0 Å². The molecule has 0 heterocycles. The number of hydrogen-bond acceptors (Lipinski definition) is 1. The lowest BCUT2D eigenvalue weighted by Gasteiger charge is -2.32. The molecular formula is C15H23N. The Hall–Kier alpha value is -0.820. The van der Waals surface area contributed by atoms with E-state index in [1.165, 1.54) is 31.2 Å². The zero-order valence-electron chi connectivity index (χ0n) is 10.4. The van der Waals surface area contributed by atoms with Gasteiger partial charge in [0.2, 0.25) is 0 Å². The van der Waals surface area contributed by atoms with Crippen LogP contribution in [-0.4, -0.2) is 6.04 Å². The Morgan fingerprint density at radius 1 is 1.12 bits per heavy atom. The molecule has 0 bridgehead atoms. The van der Waals surface area contributed by atoms with Crippen molar-refractivity contribution in [3.63, 3.8) is 0 Å². The summed E-state index contributed by atoms with van der Waals surface area (Å²) in [5.74, 6) is 0.833. The van der Waals surface area contributed by atoms with E-state index in [2.05, 4.69) is 49.5 Å². The minimum Gasteiger partial charge on any atom is -0.307 e. The van der Waals surface area contributed by atoms with Crippen LogP contribution in [0.15, 0.2) is 30.3 Å². The van der Waals surface area contributed by atoms with E-state index in [1.807, 2.05) is 0 Å². The molecule has 88 valence electrons. The van der Waals surface area contributed by atoms with Gasteiger partial charge in [-0.05, 0) is 31.2 Å². The average Bonchev–Trinajstić information content (AvgIpc) is 2.33. The second-order valence-electron chi connectivity index (χ2n) is 5.17. The fraction of sp³-hybridized carbons (Fsp3) is 0.600. The van der Waals surface area contributed by atoms with Crippen molar-refractivity contribution in [1.82, 2.24) is 5.32 Å². The first-order chi connectivity index (χ1) is 7.77. The van der Waals surface area contributed by atoms with Crippen molar-refractivity contribution in [3.8, 4) is 0 Å². The fourth-order valence-electron chi connectivity index (χ4n) is 2.72. The van der Waals surface area contributed by atoms with Gasteiger partial charge in [0, 0.05) is 12.1 Å². The largest absolute Gasteiger partial charge is 0.307 e. The molecular weight excluding hydrogens is 194 g/mol. The van der Waals surface area contributed by atoms with Gasteiger partial charge < -0.3 is 5.32 Å². The van der Waals surface area contributed by atoms with Crippen molar-refractivity contribution >= 4 is 0 Å². The standard InChI is InChI=1S/C15H23N/c1-12-8-6-7-11-15(12)16-13(2)14-9-4-3-5-10-14/h3-5,9-10,12-13,15-16H,6-8,11H2,1-2H3/t12-,13+,15+/m1/s1. The lowest BCUT2D eigenvalue weighted by Crippen LogP contribution is -2.38. The Kier molecular flexibility index (Phi) is 4.00. The highest BCUT2D eigenvalue weighted by atomic mass is 15.0. The average molecular weight is 217 g/mol. The van der Waals surface area contributed by atoms with Crippen LogP contribution in [-0.2, 0) is 0 Å². The number of rotatable bonds is 3. The summed E-state index contributed by atoms with van der Waals surface area (Å²) in [5, 5.41) is 3.78. The molecule has 0 aromatic heterocycles. The fourth-order valence-corrected chi connectivity index (χ4v) is 2.72. The highest BCUT2D eigenvalue weighted by Gasteiger charge is 2.22. The van der Waals surface area contributed by atoms with Crippen LogP contribution in [0.4, 0.5) is 0 Å². The normalized spacial score (nSPS) is 27.6. The summed E-state index contributed by atoms with van der Waals surface area (Å²) < 4.78 is 0. The number of nitrogens with one attached hydrogen (secondary N) is 1. The van der Waals surface area contributed by atoms with E-state index in [0.29, 0.717) is 12.1 Å². The van der Waals surface area contributed by atoms with E-state index in [0.717, 1.165) is 5.92 Å². The van der Waals surface area contributed by atoms with Crippen LogP contribution in [0, 0.1) is 5.92 Å². The van der Waals surface area contributed by atoms with E-state index >= 15 is 0 Å². The first-order valence-corrected chi connectivity index (χ1v) is 6.58. The maximum absolute atomic E-state index is 3.78. The van der Waals surface area contributed by atoms with Gasteiger partial charge in [-0.1, -0.05) is 50.1 Å². The zero-order valence-corrected chi connectivity index (χ0v) is 10.4. The van der Waals surface area contributed by atoms with Crippen LogP contribution >= 0.6 is 0 Å². The summed E-state index contributed by atoms with van der Waals surface area (Å²) in [5.41, 5.74) is 1.40. The van der Waals surface area contributed by atoms with E-state index in [1.54, 1.807) is 0 Å². The van der Waals surface area contributed by atoms with Gasteiger partial charge in [-0.2, -0.15) is 0 Å². The van der Waals surface area contributed by atoms with E-state index in [-0.39, 0.29) is 0 Å². The predicted octanol–water partition coefficient (Wildman–Crippen LogP) is 3.92. The summed E-state index contributed by atoms with van der Waals surface area (Å²) >= 11 is 0. The maximum Gasteiger partial charge on any atom is 0.0294 e. The molecule has 1 fully saturated rings. The lowest BCUT2D eigenvalue weighted by atomic mass is 9.85. The Morgan fingerprint density at radius 3 is 2.50 bits per heavy atom. The molecule has 0 unspecified atom stereocenters. The monoisotopic (exact) mass is 217 g/mol. The summed E-state index contributed by atoms with van der Waals surface area (Å²) in [4.78, 5) is 0. The molecule has 16 heavy (non-hydrogen) atoms. The van der Waals surface area contributed by atoms with Crippen molar-refractivity contribution in [2.24, 2.45) is 5.92 Å². The van der Waals surface area contributed by atoms with Crippen molar-refractivity contribution in [2.45, 2.75) is 51.6 Å². The SMILES string of the molecule is C[C@H](N[C@H]1CCCC[C@H]1C)c1ccccc1. The third kappa shape index (κ3) is 2.85. The number of hydrogen-bond donors (Lipinski definition) is 1. The van der Waals surface area contributed by atoms with Crippen molar-refractivity contribution in [1.29, 1.82) is 0 Å². The van der Waals surface area contributed by atoms with Gasteiger partial charge >= 0.3 is 0 Å². The van der Waals surface area contributed by atoms with Gasteiger partial charge in [0.1, 0.15) is 0 Å². The molecule has 1 N–H and O–H groups in total. The second kappa shape index (κ2) is 5.49. The molecule has 0 amide bonds. The van der Waals surface area contributed by atoms with E-state index < -0.39 is 0 Å². The highest BCUT2D eigenvalue weighted by molar-refractivity contribution is 5.18. The summed E-state index contributed by atoms with van der Waals surface area (Å²) in [6.07, 6.45) is 5.54.